The number of rotatable bonds is 2. The lowest BCUT2D eigenvalue weighted by atomic mass is 10.1. The first-order valence-corrected chi connectivity index (χ1v) is 6.63. The number of benzene rings is 2. The number of carbonyl (C=O) groups is 1. The SMILES string of the molecule is Cc1c(Cl)cccc1NC(=O)c1cc(Cl)cc(Cl)c1. The van der Waals surface area contributed by atoms with Gasteiger partial charge in [0.25, 0.3) is 5.91 Å². The van der Waals surface area contributed by atoms with Crippen molar-refractivity contribution in [2.24, 2.45) is 0 Å². The predicted octanol–water partition coefficient (Wildman–Crippen LogP) is 5.21. The van der Waals surface area contributed by atoms with Gasteiger partial charge in [-0.15, -0.1) is 0 Å². The summed E-state index contributed by atoms with van der Waals surface area (Å²) in [5, 5.41) is 4.21. The predicted molar refractivity (Wildman–Crippen MR) is 80.6 cm³/mol. The Kier molecular flexibility index (Phi) is 4.35. The van der Waals surface area contributed by atoms with E-state index >= 15 is 0 Å². The number of hydrogen-bond donors (Lipinski definition) is 1. The molecule has 1 amide bonds. The van der Waals surface area contributed by atoms with E-state index in [2.05, 4.69) is 5.32 Å². The molecular formula is C14H10Cl3NO. The molecule has 0 unspecified atom stereocenters. The number of anilines is 1. The maximum atomic E-state index is 12.1. The molecule has 0 heterocycles. The minimum absolute atomic E-state index is 0.283. The van der Waals surface area contributed by atoms with Crippen LogP contribution in [0.4, 0.5) is 5.69 Å². The van der Waals surface area contributed by atoms with Crippen LogP contribution in [0.15, 0.2) is 36.4 Å². The van der Waals surface area contributed by atoms with Gasteiger partial charge in [-0.25, -0.2) is 0 Å². The molecule has 98 valence electrons. The molecule has 19 heavy (non-hydrogen) atoms. The van der Waals surface area contributed by atoms with E-state index in [9.17, 15) is 4.79 Å². The van der Waals surface area contributed by atoms with Crippen LogP contribution in [0.3, 0.4) is 0 Å². The summed E-state index contributed by atoms with van der Waals surface area (Å²) in [5.41, 5.74) is 1.87. The molecule has 0 radical (unpaired) electrons. The van der Waals surface area contributed by atoms with Gasteiger partial charge < -0.3 is 5.32 Å². The van der Waals surface area contributed by atoms with E-state index in [0.29, 0.717) is 26.3 Å². The van der Waals surface area contributed by atoms with Crippen molar-refractivity contribution in [3.05, 3.63) is 62.6 Å². The van der Waals surface area contributed by atoms with Crippen molar-refractivity contribution in [1.82, 2.24) is 0 Å². The molecule has 0 aliphatic heterocycles. The van der Waals surface area contributed by atoms with Crippen LogP contribution < -0.4 is 5.32 Å². The van der Waals surface area contributed by atoms with Crippen molar-refractivity contribution >= 4 is 46.4 Å². The Balaban J connectivity index is 2.28. The summed E-state index contributed by atoms with van der Waals surface area (Å²) in [5.74, 6) is -0.283. The lowest BCUT2D eigenvalue weighted by Crippen LogP contribution is -2.12. The van der Waals surface area contributed by atoms with E-state index in [1.807, 2.05) is 6.92 Å². The Morgan fingerprint density at radius 3 is 2.32 bits per heavy atom. The molecule has 0 saturated carbocycles. The normalized spacial score (nSPS) is 10.3. The highest BCUT2D eigenvalue weighted by atomic mass is 35.5. The fraction of sp³-hybridized carbons (Fsp3) is 0.0714. The zero-order valence-corrected chi connectivity index (χ0v) is 12.3. The first kappa shape index (κ1) is 14.2. The molecule has 0 aromatic heterocycles. The molecule has 0 aliphatic rings. The van der Waals surface area contributed by atoms with Crippen LogP contribution in [0, 0.1) is 6.92 Å². The zero-order chi connectivity index (χ0) is 14.0. The second-order valence-electron chi connectivity index (χ2n) is 4.02. The van der Waals surface area contributed by atoms with E-state index in [4.69, 9.17) is 34.8 Å². The van der Waals surface area contributed by atoms with Crippen molar-refractivity contribution in [3.63, 3.8) is 0 Å². The lowest BCUT2D eigenvalue weighted by Gasteiger charge is -2.10. The standard InChI is InChI=1S/C14H10Cl3NO/c1-8-12(17)3-2-4-13(8)18-14(19)9-5-10(15)7-11(16)6-9/h2-7H,1H3,(H,18,19). The number of carbonyl (C=O) groups excluding carboxylic acids is 1. The van der Waals surface area contributed by atoms with Crippen LogP contribution in [0.1, 0.15) is 15.9 Å². The lowest BCUT2D eigenvalue weighted by molar-refractivity contribution is 0.102. The molecule has 1 N–H and O–H groups in total. The van der Waals surface area contributed by atoms with E-state index in [-0.39, 0.29) is 5.91 Å². The maximum Gasteiger partial charge on any atom is 0.255 e. The molecule has 2 rings (SSSR count). The van der Waals surface area contributed by atoms with Crippen molar-refractivity contribution < 1.29 is 4.79 Å². The summed E-state index contributed by atoms with van der Waals surface area (Å²) >= 11 is 17.7. The van der Waals surface area contributed by atoms with Crippen molar-refractivity contribution in [2.75, 3.05) is 5.32 Å². The van der Waals surface area contributed by atoms with Crippen LogP contribution >= 0.6 is 34.8 Å². The Hall–Kier alpha value is -1.22. The van der Waals surface area contributed by atoms with Crippen molar-refractivity contribution in [3.8, 4) is 0 Å². The van der Waals surface area contributed by atoms with E-state index in [1.165, 1.54) is 0 Å². The molecule has 0 saturated heterocycles. The highest BCUT2D eigenvalue weighted by Crippen LogP contribution is 2.24. The van der Waals surface area contributed by atoms with Crippen LogP contribution in [0.25, 0.3) is 0 Å². The average Bonchev–Trinajstić information content (AvgIpc) is 2.33. The van der Waals surface area contributed by atoms with Gasteiger partial charge in [-0.1, -0.05) is 40.9 Å². The summed E-state index contributed by atoms with van der Waals surface area (Å²) in [7, 11) is 0. The Labute approximate surface area is 126 Å². The van der Waals surface area contributed by atoms with E-state index < -0.39 is 0 Å². The van der Waals surface area contributed by atoms with Gasteiger partial charge in [-0.2, -0.15) is 0 Å². The molecule has 2 aromatic carbocycles. The van der Waals surface area contributed by atoms with Crippen LogP contribution in [-0.4, -0.2) is 5.91 Å². The van der Waals surface area contributed by atoms with E-state index in [0.717, 1.165) is 5.56 Å². The van der Waals surface area contributed by atoms with Crippen LogP contribution in [-0.2, 0) is 0 Å². The number of amides is 1. The number of hydrogen-bond acceptors (Lipinski definition) is 1. The monoisotopic (exact) mass is 313 g/mol. The Morgan fingerprint density at radius 1 is 1.05 bits per heavy atom. The molecule has 0 fully saturated rings. The first-order valence-electron chi connectivity index (χ1n) is 5.50. The second-order valence-corrected chi connectivity index (χ2v) is 5.30. The summed E-state index contributed by atoms with van der Waals surface area (Å²) in [6.07, 6.45) is 0. The highest BCUT2D eigenvalue weighted by Gasteiger charge is 2.10. The molecule has 0 aliphatic carbocycles. The molecule has 2 nitrogen and oxygen atoms in total. The quantitative estimate of drug-likeness (QED) is 0.810. The van der Waals surface area contributed by atoms with E-state index in [1.54, 1.807) is 36.4 Å². The smallest absolute Gasteiger partial charge is 0.255 e. The van der Waals surface area contributed by atoms with Gasteiger partial charge in [0.2, 0.25) is 0 Å². The van der Waals surface area contributed by atoms with Gasteiger partial charge in [0.15, 0.2) is 0 Å². The molecule has 5 heteroatoms. The zero-order valence-electron chi connectivity index (χ0n) is 10.0. The third kappa shape index (κ3) is 3.41. The minimum Gasteiger partial charge on any atom is -0.322 e. The molecular weight excluding hydrogens is 305 g/mol. The Morgan fingerprint density at radius 2 is 1.68 bits per heavy atom. The third-order valence-electron chi connectivity index (χ3n) is 2.64. The highest BCUT2D eigenvalue weighted by molar-refractivity contribution is 6.35. The van der Waals surface area contributed by atoms with Crippen LogP contribution in [0.5, 0.6) is 0 Å². The van der Waals surface area contributed by atoms with Gasteiger partial charge in [0.1, 0.15) is 0 Å². The molecule has 0 atom stereocenters. The van der Waals surface area contributed by atoms with Gasteiger partial charge in [0, 0.05) is 26.3 Å². The average molecular weight is 315 g/mol. The van der Waals surface area contributed by atoms with Gasteiger partial charge in [-0.05, 0) is 42.8 Å². The van der Waals surface area contributed by atoms with Crippen molar-refractivity contribution in [2.45, 2.75) is 6.92 Å². The summed E-state index contributed by atoms with van der Waals surface area (Å²) in [6.45, 7) is 1.84. The number of nitrogens with one attached hydrogen (secondary N) is 1. The van der Waals surface area contributed by atoms with Gasteiger partial charge in [0.05, 0.1) is 0 Å². The third-order valence-corrected chi connectivity index (χ3v) is 3.49. The second kappa shape index (κ2) is 5.83. The topological polar surface area (TPSA) is 29.1 Å². The molecule has 0 bridgehead atoms. The molecule has 2 aromatic rings. The fourth-order valence-corrected chi connectivity index (χ4v) is 2.32. The first-order chi connectivity index (χ1) is 8.97. The summed E-state index contributed by atoms with van der Waals surface area (Å²) < 4.78 is 0. The van der Waals surface area contributed by atoms with Gasteiger partial charge in [-0.3, -0.25) is 4.79 Å². The molecule has 0 spiro atoms. The Bertz CT molecular complexity index is 620. The largest absolute Gasteiger partial charge is 0.322 e. The number of halogens is 3. The van der Waals surface area contributed by atoms with Crippen LogP contribution in [0.2, 0.25) is 15.1 Å². The maximum absolute atomic E-state index is 12.1. The minimum atomic E-state index is -0.283. The summed E-state index contributed by atoms with van der Waals surface area (Å²) in [6, 6.07) is 10.0. The van der Waals surface area contributed by atoms with Gasteiger partial charge >= 0.3 is 0 Å². The fourth-order valence-electron chi connectivity index (χ4n) is 1.62. The van der Waals surface area contributed by atoms with Crippen molar-refractivity contribution in [1.29, 1.82) is 0 Å². The summed E-state index contributed by atoms with van der Waals surface area (Å²) in [4.78, 5) is 12.1.